The standard InChI is InChI=1S/C12H18O2/c1-10-6-8-11(9-7-10)4-2-3-5-12(13)14/h2-5,10-11H,6-9H2,1H3,(H,13,14)/b4-2+,5-3+. The molecule has 0 aromatic heterocycles. The van der Waals surface area contributed by atoms with Crippen LogP contribution >= 0.6 is 0 Å². The summed E-state index contributed by atoms with van der Waals surface area (Å²) in [6, 6.07) is 0. The average molecular weight is 194 g/mol. The lowest BCUT2D eigenvalue weighted by atomic mass is 9.83. The van der Waals surface area contributed by atoms with Crippen molar-refractivity contribution in [2.45, 2.75) is 32.6 Å². The van der Waals surface area contributed by atoms with Crippen molar-refractivity contribution in [1.82, 2.24) is 0 Å². The summed E-state index contributed by atoms with van der Waals surface area (Å²) in [5.74, 6) is 0.644. The zero-order chi connectivity index (χ0) is 10.4. The molecule has 0 spiro atoms. The summed E-state index contributed by atoms with van der Waals surface area (Å²) < 4.78 is 0. The third-order valence-corrected chi connectivity index (χ3v) is 2.79. The molecule has 1 N–H and O–H groups in total. The van der Waals surface area contributed by atoms with Crippen LogP contribution in [0.4, 0.5) is 0 Å². The van der Waals surface area contributed by atoms with Gasteiger partial charge < -0.3 is 5.11 Å². The molecule has 0 bridgehead atoms. The Hall–Kier alpha value is -1.05. The molecule has 78 valence electrons. The van der Waals surface area contributed by atoms with Gasteiger partial charge in [-0.1, -0.05) is 38.0 Å². The van der Waals surface area contributed by atoms with E-state index in [1.54, 1.807) is 6.08 Å². The van der Waals surface area contributed by atoms with E-state index in [0.717, 1.165) is 5.92 Å². The van der Waals surface area contributed by atoms with Gasteiger partial charge in [0.2, 0.25) is 0 Å². The number of hydrogen-bond acceptors (Lipinski definition) is 1. The fraction of sp³-hybridized carbons (Fsp3) is 0.583. The number of carbonyl (C=O) groups is 1. The van der Waals surface area contributed by atoms with E-state index in [9.17, 15) is 4.79 Å². The molecule has 1 aliphatic carbocycles. The Morgan fingerprint density at radius 2 is 1.86 bits per heavy atom. The highest BCUT2D eigenvalue weighted by atomic mass is 16.4. The van der Waals surface area contributed by atoms with E-state index >= 15 is 0 Å². The smallest absolute Gasteiger partial charge is 0.328 e. The second-order valence-electron chi connectivity index (χ2n) is 4.10. The molecular weight excluding hydrogens is 176 g/mol. The summed E-state index contributed by atoms with van der Waals surface area (Å²) in [7, 11) is 0. The van der Waals surface area contributed by atoms with E-state index in [2.05, 4.69) is 13.0 Å². The summed E-state index contributed by atoms with van der Waals surface area (Å²) in [6.45, 7) is 2.30. The van der Waals surface area contributed by atoms with E-state index in [1.165, 1.54) is 31.8 Å². The highest BCUT2D eigenvalue weighted by Gasteiger charge is 2.15. The Morgan fingerprint density at radius 1 is 1.21 bits per heavy atom. The first-order chi connectivity index (χ1) is 6.68. The maximum absolute atomic E-state index is 10.2. The number of allylic oxidation sites excluding steroid dienone is 3. The SMILES string of the molecule is CC1CCC(/C=C/C=C/C(=O)O)CC1. The third-order valence-electron chi connectivity index (χ3n) is 2.79. The van der Waals surface area contributed by atoms with Crippen LogP contribution in [0.2, 0.25) is 0 Å². The molecule has 2 nitrogen and oxygen atoms in total. The number of carboxylic acid groups (broad SMARTS) is 1. The van der Waals surface area contributed by atoms with Gasteiger partial charge in [-0.3, -0.25) is 0 Å². The van der Waals surface area contributed by atoms with Crippen molar-refractivity contribution in [3.8, 4) is 0 Å². The lowest BCUT2D eigenvalue weighted by Gasteiger charge is -2.23. The molecule has 0 atom stereocenters. The van der Waals surface area contributed by atoms with Crippen LogP contribution in [0.15, 0.2) is 24.3 Å². The molecular formula is C12H18O2. The van der Waals surface area contributed by atoms with Crippen LogP contribution in [0.25, 0.3) is 0 Å². The van der Waals surface area contributed by atoms with Crippen molar-refractivity contribution in [3.63, 3.8) is 0 Å². The van der Waals surface area contributed by atoms with Crippen LogP contribution in [0, 0.1) is 11.8 Å². The first-order valence-corrected chi connectivity index (χ1v) is 5.26. The van der Waals surface area contributed by atoms with E-state index in [-0.39, 0.29) is 0 Å². The Morgan fingerprint density at radius 3 is 2.43 bits per heavy atom. The van der Waals surface area contributed by atoms with Crippen molar-refractivity contribution in [1.29, 1.82) is 0 Å². The first-order valence-electron chi connectivity index (χ1n) is 5.26. The van der Waals surface area contributed by atoms with Crippen molar-refractivity contribution in [3.05, 3.63) is 24.3 Å². The second kappa shape index (κ2) is 5.63. The summed E-state index contributed by atoms with van der Waals surface area (Å²) >= 11 is 0. The third kappa shape index (κ3) is 4.26. The monoisotopic (exact) mass is 194 g/mol. The fourth-order valence-corrected chi connectivity index (χ4v) is 1.84. The molecule has 0 radical (unpaired) electrons. The Bertz CT molecular complexity index is 233. The van der Waals surface area contributed by atoms with Gasteiger partial charge in [0, 0.05) is 6.08 Å². The minimum Gasteiger partial charge on any atom is -0.478 e. The molecule has 0 unspecified atom stereocenters. The van der Waals surface area contributed by atoms with Crippen LogP contribution in [0.3, 0.4) is 0 Å². The summed E-state index contributed by atoms with van der Waals surface area (Å²) in [5.41, 5.74) is 0. The molecule has 0 aliphatic heterocycles. The summed E-state index contributed by atoms with van der Waals surface area (Å²) in [4.78, 5) is 10.2. The average Bonchev–Trinajstić information content (AvgIpc) is 2.15. The lowest BCUT2D eigenvalue weighted by Crippen LogP contribution is -2.09. The van der Waals surface area contributed by atoms with Gasteiger partial charge >= 0.3 is 5.97 Å². The van der Waals surface area contributed by atoms with E-state index in [1.807, 2.05) is 6.08 Å². The molecule has 1 aliphatic rings. The van der Waals surface area contributed by atoms with Crippen molar-refractivity contribution in [2.75, 3.05) is 0 Å². The Kier molecular flexibility index (Phi) is 4.44. The van der Waals surface area contributed by atoms with Gasteiger partial charge in [0.05, 0.1) is 0 Å². The van der Waals surface area contributed by atoms with Crippen LogP contribution in [-0.4, -0.2) is 11.1 Å². The second-order valence-corrected chi connectivity index (χ2v) is 4.10. The normalized spacial score (nSPS) is 28.6. The predicted molar refractivity (Wildman–Crippen MR) is 57.0 cm³/mol. The van der Waals surface area contributed by atoms with Crippen molar-refractivity contribution < 1.29 is 9.90 Å². The molecule has 1 saturated carbocycles. The quantitative estimate of drug-likeness (QED) is 0.554. The van der Waals surface area contributed by atoms with E-state index in [4.69, 9.17) is 5.11 Å². The topological polar surface area (TPSA) is 37.3 Å². The Labute approximate surface area is 85.3 Å². The number of carboxylic acids is 1. The summed E-state index contributed by atoms with van der Waals surface area (Å²) in [6.07, 6.45) is 11.9. The van der Waals surface area contributed by atoms with Crippen molar-refractivity contribution in [2.24, 2.45) is 11.8 Å². The largest absolute Gasteiger partial charge is 0.478 e. The zero-order valence-electron chi connectivity index (χ0n) is 8.65. The minimum absolute atomic E-state index is 0.657. The molecule has 0 saturated heterocycles. The molecule has 14 heavy (non-hydrogen) atoms. The fourth-order valence-electron chi connectivity index (χ4n) is 1.84. The van der Waals surface area contributed by atoms with Gasteiger partial charge in [-0.25, -0.2) is 4.79 Å². The Balaban J connectivity index is 2.27. The molecule has 0 aromatic carbocycles. The maximum Gasteiger partial charge on any atom is 0.328 e. The van der Waals surface area contributed by atoms with Gasteiger partial charge in [0.15, 0.2) is 0 Å². The molecule has 2 heteroatoms. The predicted octanol–water partition coefficient (Wildman–Crippen LogP) is 3.01. The summed E-state index contributed by atoms with van der Waals surface area (Å²) in [5, 5.41) is 8.36. The van der Waals surface area contributed by atoms with Crippen LogP contribution in [0.1, 0.15) is 32.6 Å². The minimum atomic E-state index is -0.882. The highest BCUT2D eigenvalue weighted by Crippen LogP contribution is 2.28. The van der Waals surface area contributed by atoms with Gasteiger partial charge in [0.1, 0.15) is 0 Å². The van der Waals surface area contributed by atoms with Crippen LogP contribution in [0.5, 0.6) is 0 Å². The molecule has 1 rings (SSSR count). The van der Waals surface area contributed by atoms with Crippen LogP contribution < -0.4 is 0 Å². The number of aliphatic carboxylic acids is 1. The van der Waals surface area contributed by atoms with Gasteiger partial charge in [-0.2, -0.15) is 0 Å². The van der Waals surface area contributed by atoms with E-state index in [0.29, 0.717) is 5.92 Å². The zero-order valence-corrected chi connectivity index (χ0v) is 8.65. The number of hydrogen-bond donors (Lipinski definition) is 1. The molecule has 0 heterocycles. The lowest BCUT2D eigenvalue weighted by molar-refractivity contribution is -0.131. The van der Waals surface area contributed by atoms with Crippen molar-refractivity contribution >= 4 is 5.97 Å². The first kappa shape index (κ1) is 11.0. The molecule has 0 amide bonds. The van der Waals surface area contributed by atoms with Gasteiger partial charge in [0.25, 0.3) is 0 Å². The van der Waals surface area contributed by atoms with E-state index < -0.39 is 5.97 Å². The highest BCUT2D eigenvalue weighted by molar-refractivity contribution is 5.80. The van der Waals surface area contributed by atoms with Gasteiger partial charge in [-0.05, 0) is 24.7 Å². The number of rotatable bonds is 3. The van der Waals surface area contributed by atoms with Gasteiger partial charge in [-0.15, -0.1) is 0 Å². The maximum atomic E-state index is 10.2. The molecule has 1 fully saturated rings. The van der Waals surface area contributed by atoms with Crippen LogP contribution in [-0.2, 0) is 4.79 Å². The molecule has 0 aromatic rings.